The Bertz CT molecular complexity index is 399. The summed E-state index contributed by atoms with van der Waals surface area (Å²) in [5, 5.41) is 3.11. The largest absolute Gasteiger partial charge is 0.468 e. The van der Waals surface area contributed by atoms with Crippen LogP contribution in [0.15, 0.2) is 21.2 Å². The van der Waals surface area contributed by atoms with Crippen LogP contribution in [-0.2, 0) is 11.2 Å². The fourth-order valence-electron chi connectivity index (χ4n) is 2.25. The molecule has 2 heterocycles. The number of carbonyl (C=O) groups excluding carboxylic acids is 1. The molecule has 88 valence electrons. The van der Waals surface area contributed by atoms with Gasteiger partial charge >= 0.3 is 0 Å². The SMILES string of the molecule is CC(C)C1(Cc2occc2Br)CCC(=O)N1. The summed E-state index contributed by atoms with van der Waals surface area (Å²) in [6.07, 6.45) is 3.93. The lowest BCUT2D eigenvalue weighted by atomic mass is 9.81. The van der Waals surface area contributed by atoms with Crippen LogP contribution in [0.5, 0.6) is 0 Å². The molecule has 1 unspecified atom stereocenters. The van der Waals surface area contributed by atoms with Crippen molar-refractivity contribution in [1.82, 2.24) is 5.32 Å². The van der Waals surface area contributed by atoms with Gasteiger partial charge in [-0.25, -0.2) is 0 Å². The lowest BCUT2D eigenvalue weighted by Crippen LogP contribution is -2.48. The molecule has 0 saturated carbocycles. The summed E-state index contributed by atoms with van der Waals surface area (Å²) < 4.78 is 6.42. The van der Waals surface area contributed by atoms with Gasteiger partial charge in [0.15, 0.2) is 0 Å². The van der Waals surface area contributed by atoms with Gasteiger partial charge in [0.25, 0.3) is 0 Å². The van der Waals surface area contributed by atoms with E-state index in [0.717, 1.165) is 23.1 Å². The van der Waals surface area contributed by atoms with Crippen LogP contribution in [0.1, 0.15) is 32.4 Å². The van der Waals surface area contributed by atoms with Crippen molar-refractivity contribution in [3.63, 3.8) is 0 Å². The summed E-state index contributed by atoms with van der Waals surface area (Å²) in [7, 11) is 0. The van der Waals surface area contributed by atoms with Gasteiger partial charge in [-0.05, 0) is 34.3 Å². The van der Waals surface area contributed by atoms with E-state index in [1.807, 2.05) is 6.07 Å². The Labute approximate surface area is 104 Å². The lowest BCUT2D eigenvalue weighted by Gasteiger charge is -2.32. The Kier molecular flexibility index (Phi) is 3.10. The molecule has 0 radical (unpaired) electrons. The zero-order valence-electron chi connectivity index (χ0n) is 9.55. The monoisotopic (exact) mass is 285 g/mol. The molecule has 3 nitrogen and oxygen atoms in total. The van der Waals surface area contributed by atoms with Crippen LogP contribution in [0.4, 0.5) is 0 Å². The van der Waals surface area contributed by atoms with Gasteiger partial charge in [-0.2, -0.15) is 0 Å². The summed E-state index contributed by atoms with van der Waals surface area (Å²) in [5.74, 6) is 1.46. The van der Waals surface area contributed by atoms with Gasteiger partial charge in [0.1, 0.15) is 5.76 Å². The molecule has 0 bridgehead atoms. The van der Waals surface area contributed by atoms with E-state index in [9.17, 15) is 4.79 Å². The lowest BCUT2D eigenvalue weighted by molar-refractivity contribution is -0.120. The number of carbonyl (C=O) groups is 1. The van der Waals surface area contributed by atoms with E-state index in [0.29, 0.717) is 12.3 Å². The van der Waals surface area contributed by atoms with Crippen LogP contribution in [0.25, 0.3) is 0 Å². The van der Waals surface area contributed by atoms with Crippen LogP contribution in [0.2, 0.25) is 0 Å². The zero-order chi connectivity index (χ0) is 11.8. The fraction of sp³-hybridized carbons (Fsp3) is 0.583. The first-order valence-electron chi connectivity index (χ1n) is 5.56. The summed E-state index contributed by atoms with van der Waals surface area (Å²) in [5.41, 5.74) is -0.141. The second-order valence-corrected chi connectivity index (χ2v) is 5.58. The van der Waals surface area contributed by atoms with Crippen LogP contribution in [0.3, 0.4) is 0 Å². The molecule has 1 saturated heterocycles. The average molecular weight is 286 g/mol. The van der Waals surface area contributed by atoms with Gasteiger partial charge in [0, 0.05) is 18.4 Å². The maximum atomic E-state index is 11.4. The van der Waals surface area contributed by atoms with Crippen LogP contribution < -0.4 is 5.32 Å². The molecule has 1 fully saturated rings. The van der Waals surface area contributed by atoms with E-state index < -0.39 is 0 Å². The van der Waals surface area contributed by atoms with Gasteiger partial charge in [0.2, 0.25) is 5.91 Å². The Morgan fingerprint density at radius 3 is 2.81 bits per heavy atom. The van der Waals surface area contributed by atoms with E-state index in [1.165, 1.54) is 0 Å². The summed E-state index contributed by atoms with van der Waals surface area (Å²) in [6, 6.07) is 1.89. The van der Waals surface area contributed by atoms with E-state index in [2.05, 4.69) is 35.1 Å². The predicted molar refractivity (Wildman–Crippen MR) is 65.1 cm³/mol. The van der Waals surface area contributed by atoms with Crippen molar-refractivity contribution in [3.05, 3.63) is 22.6 Å². The second-order valence-electron chi connectivity index (χ2n) is 4.73. The Hall–Kier alpha value is -0.770. The molecule has 4 heteroatoms. The van der Waals surface area contributed by atoms with Gasteiger partial charge in [-0.3, -0.25) is 4.79 Å². The highest BCUT2D eigenvalue weighted by Gasteiger charge is 2.41. The minimum absolute atomic E-state index is 0.141. The molecule has 1 amide bonds. The summed E-state index contributed by atoms with van der Waals surface area (Å²) >= 11 is 3.46. The van der Waals surface area contributed by atoms with Crippen molar-refractivity contribution in [2.45, 2.75) is 38.6 Å². The topological polar surface area (TPSA) is 42.2 Å². The third-order valence-electron chi connectivity index (χ3n) is 3.46. The second kappa shape index (κ2) is 4.24. The standard InChI is InChI=1S/C12H16BrNO2/c1-8(2)12(5-3-11(15)14-12)7-10-9(13)4-6-16-10/h4,6,8H,3,5,7H2,1-2H3,(H,14,15). The molecular weight excluding hydrogens is 270 g/mol. The van der Waals surface area contributed by atoms with Gasteiger partial charge in [0.05, 0.1) is 10.7 Å². The van der Waals surface area contributed by atoms with E-state index >= 15 is 0 Å². The summed E-state index contributed by atoms with van der Waals surface area (Å²) in [6.45, 7) is 4.28. The number of rotatable bonds is 3. The van der Waals surface area contributed by atoms with E-state index in [1.54, 1.807) is 6.26 Å². The predicted octanol–water partition coefficient (Wildman–Crippen LogP) is 2.89. The molecule has 2 rings (SSSR count). The first-order chi connectivity index (χ1) is 7.53. The highest BCUT2D eigenvalue weighted by atomic mass is 79.9. The smallest absolute Gasteiger partial charge is 0.220 e. The minimum atomic E-state index is -0.141. The molecule has 0 spiro atoms. The van der Waals surface area contributed by atoms with Crippen molar-refractivity contribution in [2.75, 3.05) is 0 Å². The van der Waals surface area contributed by atoms with Gasteiger partial charge < -0.3 is 9.73 Å². The van der Waals surface area contributed by atoms with Crippen molar-refractivity contribution in [2.24, 2.45) is 5.92 Å². The highest BCUT2D eigenvalue weighted by Crippen LogP contribution is 2.34. The third kappa shape index (κ3) is 2.03. The molecule has 1 aliphatic rings. The quantitative estimate of drug-likeness (QED) is 0.928. The molecule has 1 aromatic heterocycles. The Morgan fingerprint density at radius 1 is 1.62 bits per heavy atom. The van der Waals surface area contributed by atoms with E-state index in [4.69, 9.17) is 4.42 Å². The van der Waals surface area contributed by atoms with Crippen molar-refractivity contribution in [3.8, 4) is 0 Å². The maximum absolute atomic E-state index is 11.4. The highest BCUT2D eigenvalue weighted by molar-refractivity contribution is 9.10. The van der Waals surface area contributed by atoms with Crippen LogP contribution in [0, 0.1) is 5.92 Å². The zero-order valence-corrected chi connectivity index (χ0v) is 11.1. The molecule has 1 atom stereocenters. The van der Waals surface area contributed by atoms with E-state index in [-0.39, 0.29) is 11.4 Å². The van der Waals surface area contributed by atoms with Crippen LogP contribution in [-0.4, -0.2) is 11.4 Å². The minimum Gasteiger partial charge on any atom is -0.468 e. The molecular formula is C12H16BrNO2. The number of furan rings is 1. The van der Waals surface area contributed by atoms with Crippen LogP contribution >= 0.6 is 15.9 Å². The molecule has 1 aromatic rings. The fourth-order valence-corrected chi connectivity index (χ4v) is 2.59. The summed E-state index contributed by atoms with van der Waals surface area (Å²) in [4.78, 5) is 11.4. The number of hydrogen-bond donors (Lipinski definition) is 1. The molecule has 16 heavy (non-hydrogen) atoms. The van der Waals surface area contributed by atoms with Crippen molar-refractivity contribution in [1.29, 1.82) is 0 Å². The Morgan fingerprint density at radius 2 is 2.38 bits per heavy atom. The van der Waals surface area contributed by atoms with Gasteiger partial charge in [-0.15, -0.1) is 0 Å². The first kappa shape index (κ1) is 11.7. The van der Waals surface area contributed by atoms with Gasteiger partial charge in [-0.1, -0.05) is 13.8 Å². The molecule has 1 aliphatic heterocycles. The number of hydrogen-bond acceptors (Lipinski definition) is 2. The number of halogens is 1. The average Bonchev–Trinajstić information content (AvgIpc) is 2.76. The third-order valence-corrected chi connectivity index (χ3v) is 4.17. The first-order valence-corrected chi connectivity index (χ1v) is 6.36. The number of amides is 1. The Balaban J connectivity index is 2.22. The number of nitrogens with one attached hydrogen (secondary N) is 1. The van der Waals surface area contributed by atoms with Crippen molar-refractivity contribution >= 4 is 21.8 Å². The van der Waals surface area contributed by atoms with Crippen molar-refractivity contribution < 1.29 is 9.21 Å². The molecule has 0 aromatic carbocycles. The normalized spacial score (nSPS) is 25.1. The maximum Gasteiger partial charge on any atom is 0.220 e. The molecule has 0 aliphatic carbocycles. The molecule has 1 N–H and O–H groups in total.